The van der Waals surface area contributed by atoms with E-state index < -0.39 is 0 Å². The van der Waals surface area contributed by atoms with E-state index in [1.807, 2.05) is 13.8 Å². The highest BCUT2D eigenvalue weighted by Crippen LogP contribution is 2.23. The van der Waals surface area contributed by atoms with E-state index in [0.29, 0.717) is 17.1 Å². The van der Waals surface area contributed by atoms with Gasteiger partial charge in [0.1, 0.15) is 0 Å². The maximum absolute atomic E-state index is 12.2. The Morgan fingerprint density at radius 1 is 1.53 bits per heavy atom. The number of carbonyl (C=O) groups is 1. The second kappa shape index (κ2) is 6.38. The molecular formula is C12H15BrClNO2. The van der Waals surface area contributed by atoms with Gasteiger partial charge in [0.15, 0.2) is 0 Å². The van der Waals surface area contributed by atoms with Gasteiger partial charge < -0.3 is 10.0 Å². The Morgan fingerprint density at radius 3 is 2.65 bits per heavy atom. The van der Waals surface area contributed by atoms with Crippen LogP contribution in [0, 0.1) is 0 Å². The molecular weight excluding hydrogens is 305 g/mol. The maximum atomic E-state index is 12.2. The average molecular weight is 321 g/mol. The van der Waals surface area contributed by atoms with Crippen molar-refractivity contribution >= 4 is 33.4 Å². The third-order valence-corrected chi connectivity index (χ3v) is 3.19. The van der Waals surface area contributed by atoms with Crippen molar-refractivity contribution in [1.29, 1.82) is 0 Å². The fourth-order valence-corrected chi connectivity index (χ4v) is 2.27. The summed E-state index contributed by atoms with van der Waals surface area (Å²) in [5, 5.41) is 9.37. The second-order valence-electron chi connectivity index (χ2n) is 3.94. The Balaban J connectivity index is 3.01. The third-order valence-electron chi connectivity index (χ3n) is 2.39. The normalized spacial score (nSPS) is 10.7. The molecule has 1 amide bonds. The minimum absolute atomic E-state index is 0.0226. The first-order chi connectivity index (χ1) is 7.97. The molecule has 0 saturated heterocycles. The van der Waals surface area contributed by atoms with Crippen molar-refractivity contribution < 1.29 is 9.90 Å². The number of halogens is 2. The molecule has 3 nitrogen and oxygen atoms in total. The lowest BCUT2D eigenvalue weighted by Gasteiger charge is -2.26. The maximum Gasteiger partial charge on any atom is 0.255 e. The Morgan fingerprint density at radius 2 is 2.18 bits per heavy atom. The summed E-state index contributed by atoms with van der Waals surface area (Å²) in [6.07, 6.45) is 0. The van der Waals surface area contributed by atoms with Gasteiger partial charge in [0.2, 0.25) is 0 Å². The van der Waals surface area contributed by atoms with Gasteiger partial charge in [-0.15, -0.1) is 0 Å². The molecule has 0 bridgehead atoms. The molecule has 1 rings (SSSR count). The fraction of sp³-hybridized carbons (Fsp3) is 0.417. The second-order valence-corrected chi connectivity index (χ2v) is 5.26. The van der Waals surface area contributed by atoms with Gasteiger partial charge in [0.25, 0.3) is 5.91 Å². The molecule has 0 heterocycles. The van der Waals surface area contributed by atoms with Gasteiger partial charge in [-0.05, 0) is 32.0 Å². The summed E-state index contributed by atoms with van der Waals surface area (Å²) in [6, 6.07) is 5.17. The lowest BCUT2D eigenvalue weighted by atomic mass is 10.1. The summed E-state index contributed by atoms with van der Waals surface area (Å²) in [7, 11) is 0. The van der Waals surface area contributed by atoms with Crippen LogP contribution in [-0.2, 0) is 0 Å². The van der Waals surface area contributed by atoms with Crippen molar-refractivity contribution in [3.05, 3.63) is 33.3 Å². The van der Waals surface area contributed by atoms with Gasteiger partial charge in [0.05, 0.1) is 17.2 Å². The number of hydrogen-bond acceptors (Lipinski definition) is 2. The minimum Gasteiger partial charge on any atom is -0.395 e. The Bertz CT molecular complexity index is 409. The largest absolute Gasteiger partial charge is 0.395 e. The van der Waals surface area contributed by atoms with E-state index in [0.717, 1.165) is 4.47 Å². The molecule has 0 aliphatic carbocycles. The molecule has 94 valence electrons. The number of benzene rings is 1. The van der Waals surface area contributed by atoms with Crippen LogP contribution in [0.2, 0.25) is 5.02 Å². The van der Waals surface area contributed by atoms with Gasteiger partial charge in [-0.1, -0.05) is 27.5 Å². The Labute approximate surface area is 115 Å². The van der Waals surface area contributed by atoms with Crippen LogP contribution in [0.1, 0.15) is 24.2 Å². The van der Waals surface area contributed by atoms with Crippen LogP contribution in [0.5, 0.6) is 0 Å². The Kier molecular flexibility index (Phi) is 5.43. The van der Waals surface area contributed by atoms with Gasteiger partial charge in [-0.2, -0.15) is 0 Å². The fourth-order valence-electron chi connectivity index (χ4n) is 1.52. The van der Waals surface area contributed by atoms with E-state index >= 15 is 0 Å². The monoisotopic (exact) mass is 319 g/mol. The number of rotatable bonds is 4. The molecule has 0 aromatic heterocycles. The number of amides is 1. The molecule has 0 aliphatic rings. The van der Waals surface area contributed by atoms with Crippen molar-refractivity contribution in [3.63, 3.8) is 0 Å². The molecule has 0 atom stereocenters. The number of carbonyl (C=O) groups excluding carboxylic acids is 1. The zero-order valence-electron chi connectivity index (χ0n) is 9.78. The first kappa shape index (κ1) is 14.5. The van der Waals surface area contributed by atoms with E-state index in [4.69, 9.17) is 16.7 Å². The van der Waals surface area contributed by atoms with Crippen LogP contribution in [0.15, 0.2) is 22.7 Å². The number of aliphatic hydroxyl groups is 1. The van der Waals surface area contributed by atoms with E-state index in [2.05, 4.69) is 15.9 Å². The van der Waals surface area contributed by atoms with Crippen LogP contribution >= 0.6 is 27.5 Å². The molecule has 5 heteroatoms. The first-order valence-corrected chi connectivity index (χ1v) is 6.51. The number of nitrogens with zero attached hydrogens (tertiary/aromatic N) is 1. The van der Waals surface area contributed by atoms with Crippen LogP contribution in [-0.4, -0.2) is 35.1 Å². The highest BCUT2D eigenvalue weighted by molar-refractivity contribution is 9.10. The third kappa shape index (κ3) is 3.69. The number of hydrogen-bond donors (Lipinski definition) is 1. The molecule has 0 aliphatic heterocycles. The smallest absolute Gasteiger partial charge is 0.255 e. The van der Waals surface area contributed by atoms with E-state index in [1.165, 1.54) is 0 Å². The van der Waals surface area contributed by atoms with Crippen molar-refractivity contribution in [2.75, 3.05) is 13.2 Å². The van der Waals surface area contributed by atoms with E-state index in [1.54, 1.807) is 23.1 Å². The predicted molar refractivity (Wildman–Crippen MR) is 72.4 cm³/mol. The molecule has 0 spiro atoms. The van der Waals surface area contributed by atoms with Crippen molar-refractivity contribution in [2.24, 2.45) is 0 Å². The van der Waals surface area contributed by atoms with Gasteiger partial charge in [-0.3, -0.25) is 4.79 Å². The number of aliphatic hydroxyl groups excluding tert-OH is 1. The topological polar surface area (TPSA) is 40.5 Å². The molecule has 0 saturated carbocycles. The standard InChI is InChI=1S/C12H15BrClNO2/c1-8(2)15(5-6-16)12(17)10-4-3-9(13)7-11(10)14/h3-4,7-8,16H,5-6H2,1-2H3. The van der Waals surface area contributed by atoms with Crippen LogP contribution in [0.25, 0.3) is 0 Å². The van der Waals surface area contributed by atoms with Crippen LogP contribution in [0.3, 0.4) is 0 Å². The molecule has 1 aromatic carbocycles. The molecule has 17 heavy (non-hydrogen) atoms. The van der Waals surface area contributed by atoms with Crippen molar-refractivity contribution in [2.45, 2.75) is 19.9 Å². The summed E-state index contributed by atoms with van der Waals surface area (Å²) in [5.41, 5.74) is 0.456. The van der Waals surface area contributed by atoms with Crippen LogP contribution < -0.4 is 0 Å². The van der Waals surface area contributed by atoms with Gasteiger partial charge >= 0.3 is 0 Å². The highest BCUT2D eigenvalue weighted by Gasteiger charge is 2.20. The van der Waals surface area contributed by atoms with E-state index in [9.17, 15) is 4.79 Å². The lowest BCUT2D eigenvalue weighted by Crippen LogP contribution is -2.39. The van der Waals surface area contributed by atoms with Crippen LogP contribution in [0.4, 0.5) is 0 Å². The van der Waals surface area contributed by atoms with Crippen molar-refractivity contribution in [3.8, 4) is 0 Å². The Hall–Kier alpha value is -0.580. The predicted octanol–water partition coefficient (Wildman–Crippen LogP) is 2.95. The quantitative estimate of drug-likeness (QED) is 0.926. The molecule has 0 fully saturated rings. The zero-order chi connectivity index (χ0) is 13.0. The summed E-state index contributed by atoms with van der Waals surface area (Å²) in [4.78, 5) is 13.8. The SMILES string of the molecule is CC(C)N(CCO)C(=O)c1ccc(Br)cc1Cl. The molecule has 0 radical (unpaired) electrons. The summed E-state index contributed by atoms with van der Waals surface area (Å²) >= 11 is 9.33. The van der Waals surface area contributed by atoms with Gasteiger partial charge in [0, 0.05) is 17.1 Å². The van der Waals surface area contributed by atoms with Crippen molar-refractivity contribution in [1.82, 2.24) is 4.90 Å². The minimum atomic E-state index is -0.161. The lowest BCUT2D eigenvalue weighted by molar-refractivity contribution is 0.0665. The average Bonchev–Trinajstić information content (AvgIpc) is 2.24. The summed E-state index contributed by atoms with van der Waals surface area (Å²) in [5.74, 6) is -0.161. The molecule has 0 unspecified atom stereocenters. The summed E-state index contributed by atoms with van der Waals surface area (Å²) in [6.45, 7) is 4.06. The van der Waals surface area contributed by atoms with Gasteiger partial charge in [-0.25, -0.2) is 0 Å². The highest BCUT2D eigenvalue weighted by atomic mass is 79.9. The summed E-state index contributed by atoms with van der Waals surface area (Å²) < 4.78 is 0.831. The zero-order valence-corrected chi connectivity index (χ0v) is 12.1. The molecule has 1 N–H and O–H groups in total. The molecule has 1 aromatic rings. The van der Waals surface area contributed by atoms with E-state index in [-0.39, 0.29) is 18.6 Å². The first-order valence-electron chi connectivity index (χ1n) is 5.34.